The molecule has 0 spiro atoms. The number of benzene rings is 1. The molecule has 1 saturated heterocycles. The van der Waals surface area contributed by atoms with Gasteiger partial charge in [-0.25, -0.2) is 9.97 Å². The second kappa shape index (κ2) is 8.58. The van der Waals surface area contributed by atoms with Crippen LogP contribution in [0, 0.1) is 13.8 Å². The van der Waals surface area contributed by atoms with Crippen molar-refractivity contribution in [2.24, 2.45) is 0 Å². The van der Waals surface area contributed by atoms with Crippen molar-refractivity contribution in [3.8, 4) is 0 Å². The zero-order valence-corrected chi connectivity index (χ0v) is 16.2. The zero-order chi connectivity index (χ0) is 18.5. The van der Waals surface area contributed by atoms with E-state index in [4.69, 9.17) is 0 Å². The minimum Gasteiger partial charge on any atom is -0.352 e. The molecule has 1 atom stereocenters. The highest BCUT2D eigenvalue weighted by atomic mass is 16.1. The zero-order valence-electron chi connectivity index (χ0n) is 16.2. The number of carbonyl (C=O) groups excluding carboxylic acids is 1. The van der Waals surface area contributed by atoms with Crippen LogP contribution >= 0.6 is 0 Å². The van der Waals surface area contributed by atoms with Gasteiger partial charge in [-0.2, -0.15) is 0 Å². The van der Waals surface area contributed by atoms with Gasteiger partial charge in [0.05, 0.1) is 22.4 Å². The number of aryl methyl sites for hydroxylation is 2. The van der Waals surface area contributed by atoms with Gasteiger partial charge in [0.2, 0.25) is 0 Å². The number of likely N-dealkylation sites (tertiary alicyclic amines) is 1. The molecule has 1 unspecified atom stereocenters. The Morgan fingerprint density at radius 1 is 1.15 bits per heavy atom. The van der Waals surface area contributed by atoms with Crippen molar-refractivity contribution in [2.45, 2.75) is 58.9 Å². The Labute approximate surface area is 156 Å². The highest BCUT2D eigenvalue weighted by molar-refractivity contribution is 5.97. The van der Waals surface area contributed by atoms with E-state index in [0.717, 1.165) is 48.4 Å². The Hall–Kier alpha value is -2.01. The fourth-order valence-corrected chi connectivity index (χ4v) is 3.61. The summed E-state index contributed by atoms with van der Waals surface area (Å²) >= 11 is 0. The number of nitrogens with zero attached hydrogens (tertiary/aromatic N) is 3. The number of rotatable bonds is 6. The first kappa shape index (κ1) is 18.8. The van der Waals surface area contributed by atoms with Crippen molar-refractivity contribution in [1.29, 1.82) is 0 Å². The normalized spacial score (nSPS) is 18.2. The molecule has 1 N–H and O–H groups in total. The minimum atomic E-state index is -0.0294. The van der Waals surface area contributed by atoms with Crippen LogP contribution in [0.5, 0.6) is 0 Å². The summed E-state index contributed by atoms with van der Waals surface area (Å²) in [6.07, 6.45) is 6.15. The van der Waals surface area contributed by atoms with E-state index in [1.165, 1.54) is 25.8 Å². The molecule has 1 amide bonds. The van der Waals surface area contributed by atoms with Crippen LogP contribution in [0.25, 0.3) is 11.0 Å². The number of nitrogens with one attached hydrogen (secondary N) is 1. The maximum atomic E-state index is 12.4. The van der Waals surface area contributed by atoms with E-state index in [1.807, 2.05) is 32.0 Å². The lowest BCUT2D eigenvalue weighted by Gasteiger charge is -2.33. The van der Waals surface area contributed by atoms with Crippen molar-refractivity contribution in [2.75, 3.05) is 19.6 Å². The predicted molar refractivity (Wildman–Crippen MR) is 105 cm³/mol. The second-order valence-corrected chi connectivity index (χ2v) is 7.44. The Morgan fingerprint density at radius 2 is 1.92 bits per heavy atom. The summed E-state index contributed by atoms with van der Waals surface area (Å²) in [5, 5.41) is 3.03. The van der Waals surface area contributed by atoms with E-state index < -0.39 is 0 Å². The van der Waals surface area contributed by atoms with Crippen LogP contribution in [0.4, 0.5) is 0 Å². The topological polar surface area (TPSA) is 58.1 Å². The Morgan fingerprint density at radius 3 is 2.69 bits per heavy atom. The van der Waals surface area contributed by atoms with Gasteiger partial charge in [0.1, 0.15) is 0 Å². The van der Waals surface area contributed by atoms with Crippen LogP contribution in [-0.2, 0) is 0 Å². The average Bonchev–Trinajstić information content (AvgIpc) is 2.63. The standard InChI is InChI=1S/C21H30N4O/c1-15-8-4-6-12-25(15)13-7-5-11-22-21(26)18-9-10-19-20(14-18)24-17(3)16(2)23-19/h9-10,14-15H,4-8,11-13H2,1-3H3,(H,22,26). The van der Waals surface area contributed by atoms with Crippen LogP contribution in [0.15, 0.2) is 18.2 Å². The number of piperidine rings is 1. The summed E-state index contributed by atoms with van der Waals surface area (Å²) in [7, 11) is 0. The van der Waals surface area contributed by atoms with Gasteiger partial charge < -0.3 is 10.2 Å². The van der Waals surface area contributed by atoms with Crippen molar-refractivity contribution >= 4 is 16.9 Å². The second-order valence-electron chi connectivity index (χ2n) is 7.44. The van der Waals surface area contributed by atoms with E-state index >= 15 is 0 Å². The summed E-state index contributed by atoms with van der Waals surface area (Å²) in [5.74, 6) is -0.0294. The lowest BCUT2D eigenvalue weighted by Crippen LogP contribution is -2.38. The molecule has 0 saturated carbocycles. The Balaban J connectivity index is 1.47. The van der Waals surface area contributed by atoms with E-state index in [0.29, 0.717) is 11.6 Å². The fourth-order valence-electron chi connectivity index (χ4n) is 3.61. The number of aromatic nitrogens is 2. The van der Waals surface area contributed by atoms with Gasteiger partial charge in [-0.1, -0.05) is 6.42 Å². The molecule has 1 aromatic carbocycles. The number of amides is 1. The van der Waals surface area contributed by atoms with Gasteiger partial charge in [-0.05, 0) is 77.7 Å². The highest BCUT2D eigenvalue weighted by Crippen LogP contribution is 2.17. The van der Waals surface area contributed by atoms with E-state index in [-0.39, 0.29) is 5.91 Å². The van der Waals surface area contributed by atoms with Crippen molar-refractivity contribution in [1.82, 2.24) is 20.2 Å². The fraction of sp³-hybridized carbons (Fsp3) is 0.571. The SMILES string of the molecule is Cc1nc2ccc(C(=O)NCCCCN3CCCCC3C)cc2nc1C. The van der Waals surface area contributed by atoms with E-state index in [1.54, 1.807) is 0 Å². The van der Waals surface area contributed by atoms with Crippen molar-refractivity contribution in [3.05, 3.63) is 35.2 Å². The highest BCUT2D eigenvalue weighted by Gasteiger charge is 2.17. The molecule has 1 aromatic heterocycles. The maximum absolute atomic E-state index is 12.4. The Bertz CT molecular complexity index is 774. The van der Waals surface area contributed by atoms with Crippen LogP contribution in [0.3, 0.4) is 0 Å². The minimum absolute atomic E-state index is 0.0294. The molecule has 1 fully saturated rings. The molecule has 3 rings (SSSR count). The van der Waals surface area contributed by atoms with Crippen LogP contribution < -0.4 is 5.32 Å². The molecular formula is C21H30N4O. The van der Waals surface area contributed by atoms with Crippen molar-refractivity contribution in [3.63, 3.8) is 0 Å². The molecule has 0 radical (unpaired) electrons. The maximum Gasteiger partial charge on any atom is 0.251 e. The lowest BCUT2D eigenvalue weighted by atomic mass is 10.0. The van der Waals surface area contributed by atoms with Gasteiger partial charge >= 0.3 is 0 Å². The monoisotopic (exact) mass is 354 g/mol. The smallest absolute Gasteiger partial charge is 0.251 e. The molecule has 0 bridgehead atoms. The summed E-state index contributed by atoms with van der Waals surface area (Å²) in [6.45, 7) is 9.31. The van der Waals surface area contributed by atoms with Gasteiger partial charge in [0, 0.05) is 18.2 Å². The van der Waals surface area contributed by atoms with Gasteiger partial charge in [-0.3, -0.25) is 4.79 Å². The summed E-state index contributed by atoms with van der Waals surface area (Å²) in [4.78, 5) is 24.0. The first-order valence-corrected chi connectivity index (χ1v) is 9.82. The van der Waals surface area contributed by atoms with Crippen molar-refractivity contribution < 1.29 is 4.79 Å². The predicted octanol–water partition coefficient (Wildman–Crippen LogP) is 3.63. The number of unbranched alkanes of at least 4 members (excludes halogenated alkanes) is 1. The number of hydrogen-bond donors (Lipinski definition) is 1. The molecule has 1 aliphatic rings. The third kappa shape index (κ3) is 4.58. The number of carbonyl (C=O) groups is 1. The van der Waals surface area contributed by atoms with Gasteiger partial charge in [0.15, 0.2) is 0 Å². The molecular weight excluding hydrogens is 324 g/mol. The molecule has 1 aliphatic heterocycles. The molecule has 0 aliphatic carbocycles. The molecule has 2 heterocycles. The third-order valence-electron chi connectivity index (χ3n) is 5.44. The van der Waals surface area contributed by atoms with Crippen LogP contribution in [-0.4, -0.2) is 46.5 Å². The summed E-state index contributed by atoms with van der Waals surface area (Å²) < 4.78 is 0. The molecule has 26 heavy (non-hydrogen) atoms. The average molecular weight is 354 g/mol. The lowest BCUT2D eigenvalue weighted by molar-refractivity contribution is 0.0951. The first-order valence-electron chi connectivity index (χ1n) is 9.82. The van der Waals surface area contributed by atoms with Crippen LogP contribution in [0.2, 0.25) is 0 Å². The molecule has 2 aromatic rings. The largest absolute Gasteiger partial charge is 0.352 e. The first-order chi connectivity index (χ1) is 12.5. The summed E-state index contributed by atoms with van der Waals surface area (Å²) in [6, 6.07) is 6.25. The molecule has 140 valence electrons. The summed E-state index contributed by atoms with van der Waals surface area (Å²) in [5.41, 5.74) is 4.10. The number of hydrogen-bond acceptors (Lipinski definition) is 4. The van der Waals surface area contributed by atoms with Gasteiger partial charge in [0.25, 0.3) is 5.91 Å². The number of fused-ring (bicyclic) bond motifs is 1. The van der Waals surface area contributed by atoms with Crippen LogP contribution in [0.1, 0.15) is 60.8 Å². The molecule has 5 nitrogen and oxygen atoms in total. The quantitative estimate of drug-likeness (QED) is 0.805. The molecule has 5 heteroatoms. The van der Waals surface area contributed by atoms with E-state index in [2.05, 4.69) is 27.1 Å². The third-order valence-corrected chi connectivity index (χ3v) is 5.44. The van der Waals surface area contributed by atoms with E-state index in [9.17, 15) is 4.79 Å². The Kier molecular flexibility index (Phi) is 6.20. The van der Waals surface area contributed by atoms with Gasteiger partial charge in [-0.15, -0.1) is 0 Å².